The van der Waals surface area contributed by atoms with Crippen LogP contribution in [0.1, 0.15) is 34.7 Å². The van der Waals surface area contributed by atoms with Crippen molar-refractivity contribution in [1.29, 1.82) is 0 Å². The summed E-state index contributed by atoms with van der Waals surface area (Å²) in [6.45, 7) is 9.20. The van der Waals surface area contributed by atoms with Crippen LogP contribution in [0.3, 0.4) is 0 Å². The molecule has 3 rings (SSSR count). The van der Waals surface area contributed by atoms with E-state index in [-0.39, 0.29) is 11.9 Å². The predicted octanol–water partition coefficient (Wildman–Crippen LogP) is 2.54. The number of nitrogens with one attached hydrogen (secondary N) is 1. The SMILES string of the molecule is Cc1ccc(C)c([C@@H](NC(=O)CCN2CCN(C)CC2)c2cccnc2)c1. The zero-order valence-electron chi connectivity index (χ0n) is 16.6. The summed E-state index contributed by atoms with van der Waals surface area (Å²) in [6, 6.07) is 10.2. The van der Waals surface area contributed by atoms with Gasteiger partial charge in [-0.05, 0) is 43.7 Å². The molecule has 1 aliphatic heterocycles. The number of aromatic nitrogens is 1. The minimum Gasteiger partial charge on any atom is -0.345 e. The predicted molar refractivity (Wildman–Crippen MR) is 109 cm³/mol. The number of hydrogen-bond donors (Lipinski definition) is 1. The second-order valence-corrected chi connectivity index (χ2v) is 7.54. The van der Waals surface area contributed by atoms with E-state index in [1.807, 2.05) is 18.3 Å². The third kappa shape index (κ3) is 5.37. The molecule has 2 heterocycles. The highest BCUT2D eigenvalue weighted by Crippen LogP contribution is 2.25. The highest BCUT2D eigenvalue weighted by molar-refractivity contribution is 5.77. The van der Waals surface area contributed by atoms with Crippen molar-refractivity contribution >= 4 is 5.91 Å². The normalized spacial score (nSPS) is 16.9. The van der Waals surface area contributed by atoms with E-state index >= 15 is 0 Å². The van der Waals surface area contributed by atoms with Gasteiger partial charge in [0.1, 0.15) is 0 Å². The van der Waals surface area contributed by atoms with Gasteiger partial charge in [-0.2, -0.15) is 0 Å². The zero-order chi connectivity index (χ0) is 19.2. The molecule has 1 aromatic carbocycles. The molecule has 5 heteroatoms. The number of pyridine rings is 1. The maximum Gasteiger partial charge on any atom is 0.222 e. The Morgan fingerprint density at radius 3 is 2.67 bits per heavy atom. The molecule has 0 aliphatic carbocycles. The van der Waals surface area contributed by atoms with Crippen LogP contribution in [0.5, 0.6) is 0 Å². The van der Waals surface area contributed by atoms with Crippen molar-refractivity contribution in [3.8, 4) is 0 Å². The molecule has 0 saturated carbocycles. The van der Waals surface area contributed by atoms with E-state index in [4.69, 9.17) is 0 Å². The Bertz CT molecular complexity index is 754. The van der Waals surface area contributed by atoms with E-state index in [1.54, 1.807) is 6.20 Å². The molecule has 1 saturated heterocycles. The maximum absolute atomic E-state index is 12.7. The topological polar surface area (TPSA) is 48.5 Å². The Morgan fingerprint density at radius 2 is 1.96 bits per heavy atom. The zero-order valence-corrected chi connectivity index (χ0v) is 16.6. The minimum atomic E-state index is -0.168. The lowest BCUT2D eigenvalue weighted by Crippen LogP contribution is -2.45. The second-order valence-electron chi connectivity index (χ2n) is 7.54. The molecule has 1 N–H and O–H groups in total. The fraction of sp³-hybridized carbons (Fsp3) is 0.455. The molecule has 2 aromatic rings. The number of nitrogens with zero attached hydrogens (tertiary/aromatic N) is 3. The first-order chi connectivity index (χ1) is 13.0. The van der Waals surface area contributed by atoms with Crippen LogP contribution in [-0.2, 0) is 4.79 Å². The standard InChI is InChI=1S/C22H30N4O/c1-17-6-7-18(2)20(15-17)22(19-5-4-9-23-16-19)24-21(27)8-10-26-13-11-25(3)12-14-26/h4-7,9,15-16,22H,8,10-14H2,1-3H3,(H,24,27)/t22-/m0/s1. The fourth-order valence-corrected chi connectivity index (χ4v) is 3.52. The van der Waals surface area contributed by atoms with Crippen LogP contribution in [0.15, 0.2) is 42.7 Å². The van der Waals surface area contributed by atoms with Crippen molar-refractivity contribution in [3.63, 3.8) is 0 Å². The quantitative estimate of drug-likeness (QED) is 0.854. The first-order valence-corrected chi connectivity index (χ1v) is 9.70. The Labute approximate surface area is 162 Å². The maximum atomic E-state index is 12.7. The Balaban J connectivity index is 1.70. The van der Waals surface area contributed by atoms with Crippen LogP contribution in [0.25, 0.3) is 0 Å². The van der Waals surface area contributed by atoms with E-state index in [0.717, 1.165) is 43.9 Å². The lowest BCUT2D eigenvalue weighted by Gasteiger charge is -2.32. The molecular weight excluding hydrogens is 336 g/mol. The van der Waals surface area contributed by atoms with Gasteiger partial charge < -0.3 is 15.1 Å². The average molecular weight is 367 g/mol. The number of benzene rings is 1. The smallest absolute Gasteiger partial charge is 0.222 e. The first-order valence-electron chi connectivity index (χ1n) is 9.70. The molecule has 1 atom stereocenters. The van der Waals surface area contributed by atoms with Crippen LogP contribution < -0.4 is 5.32 Å². The van der Waals surface area contributed by atoms with Crippen molar-refractivity contribution in [1.82, 2.24) is 20.1 Å². The van der Waals surface area contributed by atoms with Crippen molar-refractivity contribution < 1.29 is 4.79 Å². The van der Waals surface area contributed by atoms with E-state index in [1.165, 1.54) is 11.1 Å². The Kier molecular flexibility index (Phi) is 6.58. The van der Waals surface area contributed by atoms with Gasteiger partial charge in [-0.25, -0.2) is 0 Å². The van der Waals surface area contributed by atoms with Crippen LogP contribution >= 0.6 is 0 Å². The molecule has 0 unspecified atom stereocenters. The summed E-state index contributed by atoms with van der Waals surface area (Å²) in [5, 5.41) is 3.25. The summed E-state index contributed by atoms with van der Waals surface area (Å²) >= 11 is 0. The summed E-state index contributed by atoms with van der Waals surface area (Å²) in [5.74, 6) is 0.0867. The van der Waals surface area contributed by atoms with Crippen molar-refractivity contribution in [2.24, 2.45) is 0 Å². The summed E-state index contributed by atoms with van der Waals surface area (Å²) in [5.41, 5.74) is 4.51. The highest BCUT2D eigenvalue weighted by atomic mass is 16.1. The molecule has 0 spiro atoms. The van der Waals surface area contributed by atoms with Crippen LogP contribution in [0.4, 0.5) is 0 Å². The Morgan fingerprint density at radius 1 is 1.19 bits per heavy atom. The second kappa shape index (κ2) is 9.11. The van der Waals surface area contributed by atoms with E-state index in [0.29, 0.717) is 6.42 Å². The van der Waals surface area contributed by atoms with E-state index < -0.39 is 0 Å². The number of amides is 1. The lowest BCUT2D eigenvalue weighted by atomic mass is 9.94. The van der Waals surface area contributed by atoms with Gasteiger partial charge in [0.15, 0.2) is 0 Å². The van der Waals surface area contributed by atoms with Crippen molar-refractivity contribution in [2.45, 2.75) is 26.3 Å². The average Bonchev–Trinajstić information content (AvgIpc) is 2.68. The van der Waals surface area contributed by atoms with Gasteiger partial charge in [-0.15, -0.1) is 0 Å². The van der Waals surface area contributed by atoms with Gasteiger partial charge in [-0.1, -0.05) is 29.8 Å². The number of carbonyl (C=O) groups excluding carboxylic acids is 1. The summed E-state index contributed by atoms with van der Waals surface area (Å²) in [6.07, 6.45) is 4.12. The molecule has 1 aromatic heterocycles. The number of likely N-dealkylation sites (N-methyl/N-ethyl adjacent to an activating group) is 1. The molecule has 5 nitrogen and oxygen atoms in total. The molecule has 27 heavy (non-hydrogen) atoms. The molecule has 0 bridgehead atoms. The third-order valence-corrected chi connectivity index (χ3v) is 5.32. The van der Waals surface area contributed by atoms with Crippen LogP contribution in [-0.4, -0.2) is 60.5 Å². The first kappa shape index (κ1) is 19.5. The molecular formula is C22H30N4O. The number of aryl methyl sites for hydroxylation is 2. The summed E-state index contributed by atoms with van der Waals surface area (Å²) < 4.78 is 0. The molecule has 144 valence electrons. The van der Waals surface area contributed by atoms with E-state index in [2.05, 4.69) is 59.2 Å². The van der Waals surface area contributed by atoms with Gasteiger partial charge in [0.05, 0.1) is 6.04 Å². The van der Waals surface area contributed by atoms with Gasteiger partial charge in [0.2, 0.25) is 5.91 Å². The third-order valence-electron chi connectivity index (χ3n) is 5.32. The molecule has 1 fully saturated rings. The van der Waals surface area contributed by atoms with Gasteiger partial charge in [0, 0.05) is 51.5 Å². The number of rotatable bonds is 6. The van der Waals surface area contributed by atoms with Crippen LogP contribution in [0.2, 0.25) is 0 Å². The number of hydrogen-bond acceptors (Lipinski definition) is 4. The molecule has 1 aliphatic rings. The lowest BCUT2D eigenvalue weighted by molar-refractivity contribution is -0.122. The van der Waals surface area contributed by atoms with Crippen molar-refractivity contribution in [2.75, 3.05) is 39.8 Å². The summed E-state index contributed by atoms with van der Waals surface area (Å²) in [7, 11) is 2.15. The van der Waals surface area contributed by atoms with Crippen LogP contribution in [0, 0.1) is 13.8 Å². The molecule has 1 amide bonds. The highest BCUT2D eigenvalue weighted by Gasteiger charge is 2.20. The number of piperazine rings is 1. The largest absolute Gasteiger partial charge is 0.345 e. The molecule has 0 radical (unpaired) electrons. The van der Waals surface area contributed by atoms with Gasteiger partial charge in [0.25, 0.3) is 0 Å². The van der Waals surface area contributed by atoms with E-state index in [9.17, 15) is 4.79 Å². The monoisotopic (exact) mass is 366 g/mol. The Hall–Kier alpha value is -2.24. The van der Waals surface area contributed by atoms with Gasteiger partial charge in [-0.3, -0.25) is 9.78 Å². The minimum absolute atomic E-state index is 0.0867. The van der Waals surface area contributed by atoms with Gasteiger partial charge >= 0.3 is 0 Å². The fourth-order valence-electron chi connectivity index (χ4n) is 3.52. The van der Waals surface area contributed by atoms with Crippen molar-refractivity contribution in [3.05, 3.63) is 65.0 Å². The number of carbonyl (C=O) groups is 1. The summed E-state index contributed by atoms with van der Waals surface area (Å²) in [4.78, 5) is 21.7.